The van der Waals surface area contributed by atoms with Crippen LogP contribution >= 0.6 is 11.8 Å². The second-order valence-corrected chi connectivity index (χ2v) is 10.8. The molecule has 4 aliphatic carbocycles. The van der Waals surface area contributed by atoms with Crippen LogP contribution in [-0.4, -0.2) is 23.1 Å². The van der Waals surface area contributed by atoms with Crippen molar-refractivity contribution in [2.45, 2.75) is 66.2 Å². The monoisotopic (exact) mass is 334 g/mol. The number of carbonyl (C=O) groups excluding carboxylic acids is 2. The first-order valence-corrected chi connectivity index (χ1v) is 10.5. The molecule has 0 saturated heterocycles. The van der Waals surface area contributed by atoms with Crippen LogP contribution in [0.4, 0.5) is 0 Å². The van der Waals surface area contributed by atoms with Gasteiger partial charge in [0.15, 0.2) is 0 Å². The molecule has 128 valence electrons. The number of thioether (sulfide) groups is 1. The van der Waals surface area contributed by atoms with Gasteiger partial charge in [-0.05, 0) is 48.3 Å². The summed E-state index contributed by atoms with van der Waals surface area (Å²) in [5.74, 6) is 4.06. The summed E-state index contributed by atoms with van der Waals surface area (Å²) in [4.78, 5) is 25.3. The molecule has 0 aromatic rings. The van der Waals surface area contributed by atoms with Crippen molar-refractivity contribution in [2.24, 2.45) is 33.5 Å². The zero-order chi connectivity index (χ0) is 16.7. The van der Waals surface area contributed by atoms with E-state index in [1.165, 1.54) is 12.8 Å². The SMILES string of the molecule is CC1(C)[C@@H]2CC[C@@]1(CSC[C@]13CC[C@H](CC1=O)C3(C)C)C(=O)C2. The quantitative estimate of drug-likeness (QED) is 0.758. The molecule has 4 bridgehead atoms. The van der Waals surface area contributed by atoms with Crippen LogP contribution in [0.15, 0.2) is 0 Å². The number of carbonyl (C=O) groups is 2. The molecular formula is C20H30O2S. The first-order valence-electron chi connectivity index (χ1n) is 9.32. The lowest BCUT2D eigenvalue weighted by atomic mass is 9.70. The second-order valence-electron chi connectivity index (χ2n) is 9.83. The lowest BCUT2D eigenvalue weighted by Gasteiger charge is -2.39. The Balaban J connectivity index is 1.51. The Labute approximate surface area is 144 Å². The maximum absolute atomic E-state index is 12.7. The Morgan fingerprint density at radius 2 is 1.22 bits per heavy atom. The maximum Gasteiger partial charge on any atom is 0.140 e. The highest BCUT2D eigenvalue weighted by Crippen LogP contribution is 2.67. The van der Waals surface area contributed by atoms with Crippen molar-refractivity contribution in [1.82, 2.24) is 0 Å². The smallest absolute Gasteiger partial charge is 0.140 e. The highest BCUT2D eigenvalue weighted by Gasteiger charge is 2.66. The fraction of sp³-hybridized carbons (Fsp3) is 0.900. The van der Waals surface area contributed by atoms with Crippen LogP contribution in [-0.2, 0) is 9.59 Å². The first kappa shape index (κ1) is 16.2. The van der Waals surface area contributed by atoms with E-state index >= 15 is 0 Å². The molecule has 4 fully saturated rings. The third kappa shape index (κ3) is 1.73. The molecule has 2 nitrogen and oxygen atoms in total. The molecule has 0 amide bonds. The molecule has 4 aliphatic rings. The molecule has 3 heteroatoms. The Morgan fingerprint density at radius 3 is 1.48 bits per heavy atom. The molecule has 0 aliphatic heterocycles. The Hall–Kier alpha value is -0.310. The van der Waals surface area contributed by atoms with Crippen LogP contribution in [0, 0.1) is 33.5 Å². The van der Waals surface area contributed by atoms with Crippen molar-refractivity contribution in [3.05, 3.63) is 0 Å². The molecule has 4 rings (SSSR count). The lowest BCUT2D eigenvalue weighted by Crippen LogP contribution is -2.41. The summed E-state index contributed by atoms with van der Waals surface area (Å²) >= 11 is 1.92. The molecule has 23 heavy (non-hydrogen) atoms. The minimum Gasteiger partial charge on any atom is -0.299 e. The first-order chi connectivity index (χ1) is 10.7. The molecule has 0 aromatic heterocycles. The van der Waals surface area contributed by atoms with Crippen LogP contribution in [0.3, 0.4) is 0 Å². The normalized spacial score (nSPS) is 46.1. The number of hydrogen-bond donors (Lipinski definition) is 0. The predicted octanol–water partition coefficient (Wildman–Crippen LogP) is 4.51. The van der Waals surface area contributed by atoms with Gasteiger partial charge in [-0.3, -0.25) is 9.59 Å². The maximum atomic E-state index is 12.7. The highest BCUT2D eigenvalue weighted by molar-refractivity contribution is 7.99. The van der Waals surface area contributed by atoms with Crippen LogP contribution in [0.25, 0.3) is 0 Å². The average molecular weight is 335 g/mol. The van der Waals surface area contributed by atoms with Crippen LogP contribution < -0.4 is 0 Å². The number of hydrogen-bond acceptors (Lipinski definition) is 3. The Bertz CT molecular complexity index is 528. The van der Waals surface area contributed by atoms with E-state index in [9.17, 15) is 9.59 Å². The molecular weight excluding hydrogens is 304 g/mol. The lowest BCUT2D eigenvalue weighted by molar-refractivity contribution is -0.128. The summed E-state index contributed by atoms with van der Waals surface area (Å²) in [6.07, 6.45) is 6.18. The van der Waals surface area contributed by atoms with Crippen molar-refractivity contribution < 1.29 is 9.59 Å². The third-order valence-electron chi connectivity index (χ3n) is 8.98. The minimum absolute atomic E-state index is 0.108. The summed E-state index contributed by atoms with van der Waals surface area (Å²) in [6, 6.07) is 0. The van der Waals surface area contributed by atoms with E-state index in [0.717, 1.165) is 37.2 Å². The van der Waals surface area contributed by atoms with E-state index in [0.29, 0.717) is 23.4 Å². The van der Waals surface area contributed by atoms with Gasteiger partial charge in [-0.1, -0.05) is 27.7 Å². The zero-order valence-electron chi connectivity index (χ0n) is 15.0. The van der Waals surface area contributed by atoms with Gasteiger partial charge in [0.2, 0.25) is 0 Å². The second kappa shape index (κ2) is 4.65. The van der Waals surface area contributed by atoms with Gasteiger partial charge in [0.05, 0.1) is 0 Å². The standard InChI is InChI=1S/C20H30O2S/c1-17(2)13-5-7-19(17,15(21)9-13)11-23-12-20-8-6-14(10-16(20)22)18(20,3)4/h13-14H,5-12H2,1-4H3/t13-,14-,19-,20-/m1/s1. The number of Topliss-reactive ketones (excluding diaryl/α,β-unsaturated/α-hetero) is 2. The molecule has 0 radical (unpaired) electrons. The molecule has 0 heterocycles. The average Bonchev–Trinajstić information content (AvgIpc) is 3.00. The minimum atomic E-state index is -0.108. The molecule has 4 saturated carbocycles. The molecule has 4 atom stereocenters. The summed E-state index contributed by atoms with van der Waals surface area (Å²) < 4.78 is 0. The molecule has 0 unspecified atom stereocenters. The van der Waals surface area contributed by atoms with Crippen LogP contribution in [0.1, 0.15) is 66.2 Å². The summed E-state index contributed by atoms with van der Waals surface area (Å²) in [7, 11) is 0. The van der Waals surface area contributed by atoms with Crippen molar-refractivity contribution in [1.29, 1.82) is 0 Å². The molecule has 0 aromatic carbocycles. The van der Waals surface area contributed by atoms with E-state index in [4.69, 9.17) is 0 Å². The number of fused-ring (bicyclic) bond motifs is 4. The third-order valence-corrected chi connectivity index (χ3v) is 10.4. The van der Waals surface area contributed by atoms with Crippen molar-refractivity contribution in [2.75, 3.05) is 11.5 Å². The van der Waals surface area contributed by atoms with Gasteiger partial charge in [-0.2, -0.15) is 11.8 Å². The summed E-state index contributed by atoms with van der Waals surface area (Å²) in [6.45, 7) is 9.24. The number of ketones is 2. The van der Waals surface area contributed by atoms with Gasteiger partial charge in [-0.25, -0.2) is 0 Å². The van der Waals surface area contributed by atoms with E-state index in [1.807, 2.05) is 11.8 Å². The van der Waals surface area contributed by atoms with E-state index in [-0.39, 0.29) is 21.7 Å². The Morgan fingerprint density at radius 1 is 0.826 bits per heavy atom. The Kier molecular flexibility index (Phi) is 3.27. The largest absolute Gasteiger partial charge is 0.299 e. The topological polar surface area (TPSA) is 34.1 Å². The van der Waals surface area contributed by atoms with Gasteiger partial charge in [0.25, 0.3) is 0 Å². The summed E-state index contributed by atoms with van der Waals surface area (Å²) in [5, 5.41) is 0. The van der Waals surface area contributed by atoms with E-state index in [1.54, 1.807) is 0 Å². The van der Waals surface area contributed by atoms with Crippen molar-refractivity contribution in [3.63, 3.8) is 0 Å². The van der Waals surface area contributed by atoms with Gasteiger partial charge in [-0.15, -0.1) is 0 Å². The fourth-order valence-corrected chi connectivity index (χ4v) is 8.77. The number of rotatable bonds is 4. The summed E-state index contributed by atoms with van der Waals surface area (Å²) in [5.41, 5.74) is 0.0931. The van der Waals surface area contributed by atoms with Crippen LogP contribution in [0.2, 0.25) is 0 Å². The van der Waals surface area contributed by atoms with Crippen LogP contribution in [0.5, 0.6) is 0 Å². The zero-order valence-corrected chi connectivity index (χ0v) is 15.9. The van der Waals surface area contributed by atoms with Gasteiger partial charge < -0.3 is 0 Å². The molecule has 0 N–H and O–H groups in total. The van der Waals surface area contributed by atoms with E-state index in [2.05, 4.69) is 27.7 Å². The van der Waals surface area contributed by atoms with Crippen molar-refractivity contribution >= 4 is 23.3 Å². The van der Waals surface area contributed by atoms with Gasteiger partial charge in [0, 0.05) is 35.2 Å². The van der Waals surface area contributed by atoms with E-state index < -0.39 is 0 Å². The molecule has 0 spiro atoms. The fourth-order valence-electron chi connectivity index (χ4n) is 6.62. The highest BCUT2D eigenvalue weighted by atomic mass is 32.2. The van der Waals surface area contributed by atoms with Gasteiger partial charge >= 0.3 is 0 Å². The van der Waals surface area contributed by atoms with Crippen molar-refractivity contribution in [3.8, 4) is 0 Å². The van der Waals surface area contributed by atoms with Gasteiger partial charge in [0.1, 0.15) is 11.6 Å². The predicted molar refractivity (Wildman–Crippen MR) is 94.4 cm³/mol.